The van der Waals surface area contributed by atoms with Crippen LogP contribution in [0, 0.1) is 5.92 Å². The number of imidazole rings is 1. The molecule has 1 aliphatic heterocycles. The highest BCUT2D eigenvalue weighted by atomic mass is 15.1. The molecule has 0 aromatic carbocycles. The van der Waals surface area contributed by atoms with Crippen LogP contribution in [-0.4, -0.2) is 16.1 Å². The second-order valence-electron chi connectivity index (χ2n) is 5.28. The van der Waals surface area contributed by atoms with Crippen LogP contribution in [0.2, 0.25) is 0 Å². The van der Waals surface area contributed by atoms with Gasteiger partial charge in [-0.25, -0.2) is 4.98 Å². The second-order valence-corrected chi connectivity index (χ2v) is 5.28. The maximum atomic E-state index is 4.56. The third kappa shape index (κ3) is 1.21. The van der Waals surface area contributed by atoms with Gasteiger partial charge in [0.2, 0.25) is 0 Å². The highest BCUT2D eigenvalue weighted by Gasteiger charge is 2.46. The lowest BCUT2D eigenvalue weighted by atomic mass is 9.66. The van der Waals surface area contributed by atoms with Gasteiger partial charge in [0, 0.05) is 20.0 Å². The Hall–Kier alpha value is -0.830. The standard InChI is InChI=1S/C13H21N3/c1-3-13(10-5-4-6-10)12-11(7-8-15-13)14-9-16(12)2/h9-10,15H,3-8H2,1-2H3. The number of aryl methyl sites for hydroxylation is 1. The largest absolute Gasteiger partial charge is 0.336 e. The molecule has 2 aliphatic rings. The molecule has 0 radical (unpaired) electrons. The van der Waals surface area contributed by atoms with Gasteiger partial charge in [-0.05, 0) is 25.2 Å². The van der Waals surface area contributed by atoms with Gasteiger partial charge in [-0.15, -0.1) is 0 Å². The molecule has 1 unspecified atom stereocenters. The fraction of sp³-hybridized carbons (Fsp3) is 0.769. The number of hydrogen-bond acceptors (Lipinski definition) is 2. The monoisotopic (exact) mass is 219 g/mol. The van der Waals surface area contributed by atoms with E-state index in [0.717, 1.165) is 18.9 Å². The Morgan fingerprint density at radius 3 is 3.00 bits per heavy atom. The lowest BCUT2D eigenvalue weighted by Crippen LogP contribution is -2.54. The zero-order chi connectivity index (χ0) is 11.2. The van der Waals surface area contributed by atoms with Crippen molar-refractivity contribution in [3.8, 4) is 0 Å². The number of nitrogens with zero attached hydrogens (tertiary/aromatic N) is 2. The topological polar surface area (TPSA) is 29.9 Å². The van der Waals surface area contributed by atoms with Crippen molar-refractivity contribution in [3.05, 3.63) is 17.7 Å². The second kappa shape index (κ2) is 3.59. The molecule has 0 bridgehead atoms. The van der Waals surface area contributed by atoms with E-state index in [9.17, 15) is 0 Å². The minimum atomic E-state index is 0.219. The van der Waals surface area contributed by atoms with Gasteiger partial charge in [0.05, 0.1) is 23.3 Å². The number of aromatic nitrogens is 2. The first-order chi connectivity index (χ1) is 7.78. The molecule has 0 spiro atoms. The number of fused-ring (bicyclic) bond motifs is 1. The van der Waals surface area contributed by atoms with Crippen LogP contribution in [0.4, 0.5) is 0 Å². The molecule has 1 saturated carbocycles. The molecule has 1 aliphatic carbocycles. The SMILES string of the molecule is CCC1(C2CCC2)NCCc2ncn(C)c21. The molecule has 16 heavy (non-hydrogen) atoms. The summed E-state index contributed by atoms with van der Waals surface area (Å²) in [4.78, 5) is 4.56. The van der Waals surface area contributed by atoms with E-state index in [2.05, 4.69) is 28.8 Å². The van der Waals surface area contributed by atoms with E-state index in [-0.39, 0.29) is 5.54 Å². The number of hydrogen-bond donors (Lipinski definition) is 1. The summed E-state index contributed by atoms with van der Waals surface area (Å²) in [5, 5.41) is 3.81. The summed E-state index contributed by atoms with van der Waals surface area (Å²) in [5.41, 5.74) is 3.01. The molecule has 88 valence electrons. The molecule has 1 aromatic rings. The summed E-state index contributed by atoms with van der Waals surface area (Å²) in [7, 11) is 2.14. The lowest BCUT2D eigenvalue weighted by molar-refractivity contribution is 0.105. The highest BCUT2D eigenvalue weighted by Crippen LogP contribution is 2.46. The van der Waals surface area contributed by atoms with Crippen molar-refractivity contribution >= 4 is 0 Å². The van der Waals surface area contributed by atoms with E-state index in [4.69, 9.17) is 0 Å². The maximum Gasteiger partial charge on any atom is 0.0949 e. The first-order valence-electron chi connectivity index (χ1n) is 6.53. The van der Waals surface area contributed by atoms with Gasteiger partial charge in [-0.2, -0.15) is 0 Å². The van der Waals surface area contributed by atoms with Gasteiger partial charge in [-0.1, -0.05) is 13.3 Å². The molecule has 3 rings (SSSR count). The van der Waals surface area contributed by atoms with Gasteiger partial charge < -0.3 is 9.88 Å². The molecule has 0 amide bonds. The zero-order valence-corrected chi connectivity index (χ0v) is 10.3. The van der Waals surface area contributed by atoms with Crippen molar-refractivity contribution in [2.24, 2.45) is 13.0 Å². The number of nitrogens with one attached hydrogen (secondary N) is 1. The average molecular weight is 219 g/mol. The maximum absolute atomic E-state index is 4.56. The summed E-state index contributed by atoms with van der Waals surface area (Å²) in [6.07, 6.45) is 8.42. The molecular formula is C13H21N3. The van der Waals surface area contributed by atoms with Gasteiger partial charge in [0.25, 0.3) is 0 Å². The highest BCUT2D eigenvalue weighted by molar-refractivity contribution is 5.28. The van der Waals surface area contributed by atoms with Crippen LogP contribution < -0.4 is 5.32 Å². The molecule has 3 heteroatoms. The average Bonchev–Trinajstić information content (AvgIpc) is 2.59. The van der Waals surface area contributed by atoms with Crippen LogP contribution in [0.5, 0.6) is 0 Å². The first kappa shape index (κ1) is 10.3. The van der Waals surface area contributed by atoms with Gasteiger partial charge >= 0.3 is 0 Å². The van der Waals surface area contributed by atoms with Crippen molar-refractivity contribution in [2.45, 2.75) is 44.6 Å². The Morgan fingerprint density at radius 1 is 1.56 bits per heavy atom. The summed E-state index contributed by atoms with van der Waals surface area (Å²) < 4.78 is 2.24. The van der Waals surface area contributed by atoms with Crippen molar-refractivity contribution in [1.29, 1.82) is 0 Å². The Morgan fingerprint density at radius 2 is 2.38 bits per heavy atom. The lowest BCUT2D eigenvalue weighted by Gasteiger charge is -2.48. The van der Waals surface area contributed by atoms with Crippen LogP contribution >= 0.6 is 0 Å². The molecule has 2 heterocycles. The van der Waals surface area contributed by atoms with Crippen LogP contribution in [0.25, 0.3) is 0 Å². The predicted octanol–water partition coefficient (Wildman–Crippen LogP) is 1.97. The first-order valence-corrected chi connectivity index (χ1v) is 6.53. The van der Waals surface area contributed by atoms with Crippen LogP contribution in [0.1, 0.15) is 44.0 Å². The summed E-state index contributed by atoms with van der Waals surface area (Å²) in [6.45, 7) is 3.40. The quantitative estimate of drug-likeness (QED) is 0.824. The fourth-order valence-electron chi connectivity index (χ4n) is 3.54. The van der Waals surface area contributed by atoms with E-state index in [1.807, 2.05) is 6.33 Å². The Bertz CT molecular complexity index is 392. The summed E-state index contributed by atoms with van der Waals surface area (Å²) >= 11 is 0. The number of rotatable bonds is 2. The van der Waals surface area contributed by atoms with Crippen LogP contribution in [0.15, 0.2) is 6.33 Å². The summed E-state index contributed by atoms with van der Waals surface area (Å²) in [6, 6.07) is 0. The van der Waals surface area contributed by atoms with E-state index in [1.165, 1.54) is 37.1 Å². The molecule has 1 aromatic heterocycles. The third-order valence-corrected chi connectivity index (χ3v) is 4.60. The van der Waals surface area contributed by atoms with E-state index < -0.39 is 0 Å². The molecule has 1 atom stereocenters. The predicted molar refractivity (Wildman–Crippen MR) is 64.2 cm³/mol. The molecule has 1 fully saturated rings. The minimum Gasteiger partial charge on any atom is -0.336 e. The van der Waals surface area contributed by atoms with Gasteiger partial charge in [-0.3, -0.25) is 0 Å². The van der Waals surface area contributed by atoms with E-state index in [0.29, 0.717) is 0 Å². The minimum absolute atomic E-state index is 0.219. The van der Waals surface area contributed by atoms with Crippen molar-refractivity contribution in [2.75, 3.05) is 6.54 Å². The fourth-order valence-corrected chi connectivity index (χ4v) is 3.54. The van der Waals surface area contributed by atoms with Crippen molar-refractivity contribution in [1.82, 2.24) is 14.9 Å². The van der Waals surface area contributed by atoms with E-state index >= 15 is 0 Å². The normalized spacial score (nSPS) is 29.9. The molecular weight excluding hydrogens is 198 g/mol. The van der Waals surface area contributed by atoms with Crippen molar-refractivity contribution < 1.29 is 0 Å². The van der Waals surface area contributed by atoms with Crippen LogP contribution in [0.3, 0.4) is 0 Å². The Balaban J connectivity index is 2.09. The van der Waals surface area contributed by atoms with Crippen LogP contribution in [-0.2, 0) is 19.0 Å². The van der Waals surface area contributed by atoms with Crippen molar-refractivity contribution in [3.63, 3.8) is 0 Å². The third-order valence-electron chi connectivity index (χ3n) is 4.60. The Kier molecular flexibility index (Phi) is 2.32. The molecule has 0 saturated heterocycles. The molecule has 3 nitrogen and oxygen atoms in total. The zero-order valence-electron chi connectivity index (χ0n) is 10.3. The smallest absolute Gasteiger partial charge is 0.0949 e. The summed E-state index contributed by atoms with van der Waals surface area (Å²) in [5.74, 6) is 0.826. The van der Waals surface area contributed by atoms with Gasteiger partial charge in [0.15, 0.2) is 0 Å². The van der Waals surface area contributed by atoms with Gasteiger partial charge in [0.1, 0.15) is 0 Å². The Labute approximate surface area is 97.3 Å². The van der Waals surface area contributed by atoms with E-state index in [1.54, 1.807) is 0 Å². The molecule has 1 N–H and O–H groups in total.